The summed E-state index contributed by atoms with van der Waals surface area (Å²) in [5.41, 5.74) is 0.149. The lowest BCUT2D eigenvalue weighted by Crippen LogP contribution is -2.66. The molecule has 5 aliphatic rings. The molecular weight excluding hydrogens is 278 g/mol. The molecule has 0 aromatic rings. The number of ether oxygens (including phenoxy) is 2. The Hall–Kier alpha value is -0.420. The summed E-state index contributed by atoms with van der Waals surface area (Å²) in [6, 6.07) is 0.627. The van der Waals surface area contributed by atoms with Crippen molar-refractivity contribution in [1.82, 2.24) is 4.90 Å². The van der Waals surface area contributed by atoms with E-state index < -0.39 is 6.10 Å². The van der Waals surface area contributed by atoms with Crippen molar-refractivity contribution in [2.24, 2.45) is 23.2 Å². The Labute approximate surface area is 132 Å². The van der Waals surface area contributed by atoms with Crippen LogP contribution in [0.15, 0.2) is 12.2 Å². The molecule has 2 aliphatic heterocycles. The monoisotopic (exact) mass is 305 g/mol. The molecule has 9 atom stereocenters. The van der Waals surface area contributed by atoms with Gasteiger partial charge in [-0.2, -0.15) is 0 Å². The number of methoxy groups -OCH3 is 1. The van der Waals surface area contributed by atoms with Crippen LogP contribution < -0.4 is 0 Å². The molecule has 0 aromatic heterocycles. The van der Waals surface area contributed by atoms with Gasteiger partial charge in [-0.3, -0.25) is 0 Å². The molecule has 1 spiro atoms. The molecular formula is C18H27NO3. The van der Waals surface area contributed by atoms with Crippen molar-refractivity contribution >= 4 is 0 Å². The number of piperidine rings is 1. The Bertz CT molecular complexity index is 509. The highest BCUT2D eigenvalue weighted by Crippen LogP contribution is 2.66. The smallest absolute Gasteiger partial charge is 0.0988 e. The van der Waals surface area contributed by atoms with Gasteiger partial charge in [-0.15, -0.1) is 0 Å². The van der Waals surface area contributed by atoms with Gasteiger partial charge in [0.1, 0.15) is 0 Å². The van der Waals surface area contributed by atoms with Gasteiger partial charge in [-0.25, -0.2) is 0 Å². The van der Waals surface area contributed by atoms with Crippen molar-refractivity contribution in [2.75, 3.05) is 20.7 Å². The van der Waals surface area contributed by atoms with E-state index in [4.69, 9.17) is 9.47 Å². The van der Waals surface area contributed by atoms with Gasteiger partial charge in [0.05, 0.1) is 24.4 Å². The minimum atomic E-state index is -0.442. The van der Waals surface area contributed by atoms with Crippen LogP contribution in [0.3, 0.4) is 0 Å². The Morgan fingerprint density at radius 1 is 1.32 bits per heavy atom. The first kappa shape index (κ1) is 14.0. The first-order chi connectivity index (χ1) is 10.7. The number of hydrogen-bond acceptors (Lipinski definition) is 4. The van der Waals surface area contributed by atoms with Crippen LogP contribution in [0.1, 0.15) is 25.7 Å². The van der Waals surface area contributed by atoms with E-state index in [2.05, 4.69) is 18.0 Å². The van der Waals surface area contributed by atoms with Gasteiger partial charge < -0.3 is 19.5 Å². The number of likely N-dealkylation sites (tertiary alicyclic amines) is 1. The van der Waals surface area contributed by atoms with Gasteiger partial charge in [0.25, 0.3) is 0 Å². The SMILES string of the molecule is COC1CCC2CC3[C@@H]4C=C[C@H](O)[C@@H]5OC1C2[C@]45CCN3C. The summed E-state index contributed by atoms with van der Waals surface area (Å²) in [5.74, 6) is 1.86. The summed E-state index contributed by atoms with van der Waals surface area (Å²) in [6.45, 7) is 1.13. The zero-order valence-electron chi connectivity index (χ0n) is 13.5. The zero-order valence-corrected chi connectivity index (χ0v) is 13.5. The quantitative estimate of drug-likeness (QED) is 0.744. The third-order valence-corrected chi connectivity index (χ3v) is 7.68. The largest absolute Gasteiger partial charge is 0.386 e. The number of nitrogens with zero attached hydrogens (tertiary/aromatic N) is 1. The van der Waals surface area contributed by atoms with E-state index in [1.807, 2.05) is 13.2 Å². The van der Waals surface area contributed by atoms with Gasteiger partial charge in [-0.1, -0.05) is 12.2 Å². The number of rotatable bonds is 1. The van der Waals surface area contributed by atoms with Crippen LogP contribution in [-0.4, -0.2) is 61.2 Å². The molecule has 2 saturated heterocycles. The summed E-state index contributed by atoms with van der Waals surface area (Å²) in [5, 5.41) is 10.6. The second-order valence-electron chi connectivity index (χ2n) is 8.21. The normalized spacial score (nSPS) is 59.4. The van der Waals surface area contributed by atoms with E-state index in [9.17, 15) is 5.11 Å². The van der Waals surface area contributed by atoms with Crippen LogP contribution in [0.5, 0.6) is 0 Å². The summed E-state index contributed by atoms with van der Waals surface area (Å²) >= 11 is 0. The van der Waals surface area contributed by atoms with Crippen molar-refractivity contribution in [3.8, 4) is 0 Å². The summed E-state index contributed by atoms with van der Waals surface area (Å²) in [6.07, 6.45) is 9.07. The first-order valence-electron chi connectivity index (χ1n) is 8.91. The Kier molecular flexibility index (Phi) is 2.90. The lowest BCUT2D eigenvalue weighted by atomic mass is 9.46. The molecule has 4 heteroatoms. The average molecular weight is 305 g/mol. The van der Waals surface area contributed by atoms with E-state index >= 15 is 0 Å². The molecule has 22 heavy (non-hydrogen) atoms. The third kappa shape index (κ3) is 1.48. The second kappa shape index (κ2) is 4.56. The fourth-order valence-corrected chi connectivity index (χ4v) is 6.87. The predicted octanol–water partition coefficient (Wildman–Crippen LogP) is 1.44. The molecule has 4 fully saturated rings. The maximum Gasteiger partial charge on any atom is 0.0988 e. The minimum Gasteiger partial charge on any atom is -0.386 e. The highest BCUT2D eigenvalue weighted by molar-refractivity contribution is 5.26. The molecule has 5 rings (SSSR count). The Morgan fingerprint density at radius 2 is 2.18 bits per heavy atom. The average Bonchev–Trinajstić information content (AvgIpc) is 2.88. The van der Waals surface area contributed by atoms with E-state index in [0.717, 1.165) is 25.3 Å². The minimum absolute atomic E-state index is 0.0211. The molecule has 0 radical (unpaired) electrons. The molecule has 2 heterocycles. The lowest BCUT2D eigenvalue weighted by Gasteiger charge is -2.62. The fraction of sp³-hybridized carbons (Fsp3) is 0.889. The van der Waals surface area contributed by atoms with E-state index in [0.29, 0.717) is 17.9 Å². The van der Waals surface area contributed by atoms with Crippen LogP contribution in [-0.2, 0) is 9.47 Å². The van der Waals surface area contributed by atoms with Crippen molar-refractivity contribution in [1.29, 1.82) is 0 Å². The van der Waals surface area contributed by atoms with Gasteiger partial charge >= 0.3 is 0 Å². The van der Waals surface area contributed by atoms with Crippen molar-refractivity contribution < 1.29 is 14.6 Å². The van der Waals surface area contributed by atoms with Crippen LogP contribution in [0.2, 0.25) is 0 Å². The van der Waals surface area contributed by atoms with E-state index in [1.165, 1.54) is 12.8 Å². The topological polar surface area (TPSA) is 41.9 Å². The van der Waals surface area contributed by atoms with Crippen LogP contribution in [0.4, 0.5) is 0 Å². The van der Waals surface area contributed by atoms with E-state index in [-0.39, 0.29) is 23.7 Å². The molecule has 4 nitrogen and oxygen atoms in total. The number of hydrogen-bond donors (Lipinski definition) is 1. The summed E-state index contributed by atoms with van der Waals surface area (Å²) < 4.78 is 12.3. The first-order valence-corrected chi connectivity index (χ1v) is 8.91. The maximum absolute atomic E-state index is 10.6. The van der Waals surface area contributed by atoms with E-state index in [1.54, 1.807) is 0 Å². The van der Waals surface area contributed by atoms with Gasteiger partial charge in [0.2, 0.25) is 0 Å². The third-order valence-electron chi connectivity index (χ3n) is 7.68. The zero-order chi connectivity index (χ0) is 15.1. The van der Waals surface area contributed by atoms with Crippen molar-refractivity contribution in [2.45, 2.75) is 56.1 Å². The molecule has 2 bridgehead atoms. The Balaban J connectivity index is 1.65. The van der Waals surface area contributed by atoms with Gasteiger partial charge in [0, 0.05) is 24.5 Å². The highest BCUT2D eigenvalue weighted by Gasteiger charge is 2.70. The maximum atomic E-state index is 10.6. The molecule has 5 unspecified atom stereocenters. The van der Waals surface area contributed by atoms with Crippen LogP contribution >= 0.6 is 0 Å². The lowest BCUT2D eigenvalue weighted by molar-refractivity contribution is -0.131. The summed E-state index contributed by atoms with van der Waals surface area (Å²) in [4.78, 5) is 2.56. The molecule has 0 aromatic carbocycles. The number of aliphatic hydroxyl groups excluding tert-OH is 1. The second-order valence-corrected chi connectivity index (χ2v) is 8.21. The number of aliphatic hydroxyl groups is 1. The highest BCUT2D eigenvalue weighted by atomic mass is 16.6. The van der Waals surface area contributed by atoms with Crippen molar-refractivity contribution in [3.05, 3.63) is 12.2 Å². The predicted molar refractivity (Wildman–Crippen MR) is 82.4 cm³/mol. The summed E-state index contributed by atoms with van der Waals surface area (Å²) in [7, 11) is 4.10. The van der Waals surface area contributed by atoms with Crippen LogP contribution in [0, 0.1) is 23.2 Å². The van der Waals surface area contributed by atoms with Gasteiger partial charge in [0.15, 0.2) is 0 Å². The van der Waals surface area contributed by atoms with Crippen molar-refractivity contribution in [3.63, 3.8) is 0 Å². The molecule has 2 saturated carbocycles. The fourth-order valence-electron chi connectivity index (χ4n) is 6.87. The molecule has 0 amide bonds. The molecule has 3 aliphatic carbocycles. The van der Waals surface area contributed by atoms with Gasteiger partial charge in [-0.05, 0) is 51.1 Å². The standard InChI is InChI=1S/C18H27NO3/c1-19-8-7-18-11-4-5-13(20)17(18)22-16-14(21-2)6-3-10(15(16)18)9-12(11)19/h4-5,10-17,20H,3,6-9H2,1-2H3/t10?,11-,12?,13-,14?,15?,16?,17-,18-/m0/s1. The molecule has 1 N–H and O–H groups in total. The molecule has 122 valence electrons. The Morgan fingerprint density at radius 3 is 3.00 bits per heavy atom. The van der Waals surface area contributed by atoms with Crippen LogP contribution in [0.25, 0.3) is 0 Å².